The van der Waals surface area contributed by atoms with E-state index in [0.29, 0.717) is 25.2 Å². The number of carbonyl (C=O) groups is 5. The van der Waals surface area contributed by atoms with Gasteiger partial charge < -0.3 is 9.88 Å². The maximum absolute atomic E-state index is 12.8. The van der Waals surface area contributed by atoms with Gasteiger partial charge in [-0.3, -0.25) is 24.1 Å². The van der Waals surface area contributed by atoms with Crippen LogP contribution in [0.2, 0.25) is 0 Å². The number of carbonyl (C=O) groups excluding carboxylic acids is 5. The normalized spacial score (nSPS) is 24.8. The third kappa shape index (κ3) is 3.53. The summed E-state index contributed by atoms with van der Waals surface area (Å²) in [5.74, 6) is -2.37. The van der Waals surface area contributed by atoms with Crippen molar-refractivity contribution in [2.75, 3.05) is 19.6 Å². The summed E-state index contributed by atoms with van der Waals surface area (Å²) in [6.45, 7) is 2.84. The lowest BCUT2D eigenvalue weighted by molar-refractivity contribution is -0.144. The number of aromatic amines is 1. The second kappa shape index (κ2) is 8.04. The molecule has 0 unspecified atom stereocenters. The molecule has 1 aliphatic carbocycles. The average Bonchev–Trinajstić information content (AvgIpc) is 3.47. The summed E-state index contributed by atoms with van der Waals surface area (Å²) in [5, 5.41) is 0. The SMILES string of the molecule is C[C@H]1CCCC[C@H]1N1C(=O)C(=O)N(CC(=O)c2c[nH]c(C(=O)N3CCCC3)c2)C1=O. The number of nitrogens with zero attached hydrogens (tertiary/aromatic N) is 3. The van der Waals surface area contributed by atoms with Gasteiger partial charge in [0, 0.05) is 30.9 Å². The number of Topliss-reactive ketones (excluding diaryl/α,β-unsaturated/α-hetero) is 1. The lowest BCUT2D eigenvalue weighted by Crippen LogP contribution is -2.46. The molecular formula is C21H26N4O5. The van der Waals surface area contributed by atoms with Crippen molar-refractivity contribution >= 4 is 29.5 Å². The molecule has 1 aromatic rings. The van der Waals surface area contributed by atoms with Crippen LogP contribution in [0.25, 0.3) is 0 Å². The van der Waals surface area contributed by atoms with Crippen LogP contribution >= 0.6 is 0 Å². The van der Waals surface area contributed by atoms with E-state index in [9.17, 15) is 24.0 Å². The van der Waals surface area contributed by atoms with Gasteiger partial charge in [-0.1, -0.05) is 19.8 Å². The minimum atomic E-state index is -0.963. The molecule has 1 N–H and O–H groups in total. The van der Waals surface area contributed by atoms with E-state index in [1.165, 1.54) is 12.3 Å². The van der Waals surface area contributed by atoms with Gasteiger partial charge in [0.25, 0.3) is 5.91 Å². The second-order valence-electron chi connectivity index (χ2n) is 8.40. The van der Waals surface area contributed by atoms with E-state index in [-0.39, 0.29) is 23.4 Å². The lowest BCUT2D eigenvalue weighted by Gasteiger charge is -2.34. The monoisotopic (exact) mass is 414 g/mol. The Labute approximate surface area is 174 Å². The number of nitrogens with one attached hydrogen (secondary N) is 1. The Morgan fingerprint density at radius 2 is 1.73 bits per heavy atom. The number of H-pyrrole nitrogens is 1. The fourth-order valence-corrected chi connectivity index (χ4v) is 4.64. The molecule has 1 aromatic heterocycles. The molecule has 9 heteroatoms. The van der Waals surface area contributed by atoms with Crippen molar-refractivity contribution in [3.05, 3.63) is 23.5 Å². The Hall–Kier alpha value is -2.97. The smallest absolute Gasteiger partial charge is 0.334 e. The van der Waals surface area contributed by atoms with Crippen molar-refractivity contribution in [2.24, 2.45) is 5.92 Å². The molecule has 0 bridgehead atoms. The first-order chi connectivity index (χ1) is 14.4. The number of aromatic nitrogens is 1. The first-order valence-corrected chi connectivity index (χ1v) is 10.6. The molecule has 2 saturated heterocycles. The van der Waals surface area contributed by atoms with Crippen molar-refractivity contribution in [1.82, 2.24) is 19.7 Å². The van der Waals surface area contributed by atoms with Gasteiger partial charge in [0.1, 0.15) is 5.69 Å². The van der Waals surface area contributed by atoms with Gasteiger partial charge in [0.05, 0.1) is 6.54 Å². The largest absolute Gasteiger partial charge is 0.356 e. The van der Waals surface area contributed by atoms with Crippen LogP contribution in [0.15, 0.2) is 12.3 Å². The average molecular weight is 414 g/mol. The van der Waals surface area contributed by atoms with E-state index in [1.54, 1.807) is 4.90 Å². The highest BCUT2D eigenvalue weighted by Crippen LogP contribution is 2.31. The fraction of sp³-hybridized carbons (Fsp3) is 0.571. The number of ketones is 1. The van der Waals surface area contributed by atoms with Gasteiger partial charge in [-0.25, -0.2) is 9.69 Å². The number of amides is 5. The van der Waals surface area contributed by atoms with Crippen LogP contribution in [0.5, 0.6) is 0 Å². The number of imide groups is 2. The third-order valence-electron chi connectivity index (χ3n) is 6.41. The maximum Gasteiger partial charge on any atom is 0.334 e. The number of hydrogen-bond acceptors (Lipinski definition) is 5. The standard InChI is InChI=1S/C21H26N4O5/c1-13-6-2-3-7-16(13)25-20(29)19(28)24(21(25)30)12-17(26)14-10-15(22-11-14)18(27)23-8-4-5-9-23/h10-11,13,16,22H,2-9,12H2,1H3/t13-,16+/m0/s1. The third-order valence-corrected chi connectivity index (χ3v) is 6.41. The Bertz CT molecular complexity index is 901. The Morgan fingerprint density at radius 3 is 2.43 bits per heavy atom. The zero-order valence-electron chi connectivity index (χ0n) is 17.1. The minimum absolute atomic E-state index is 0.124. The van der Waals surface area contributed by atoms with Crippen molar-refractivity contribution in [1.29, 1.82) is 0 Å². The van der Waals surface area contributed by atoms with E-state index < -0.39 is 30.2 Å². The van der Waals surface area contributed by atoms with Gasteiger partial charge in [-0.2, -0.15) is 0 Å². The summed E-state index contributed by atoms with van der Waals surface area (Å²) in [6, 6.07) is 0.414. The van der Waals surface area contributed by atoms with E-state index >= 15 is 0 Å². The van der Waals surface area contributed by atoms with Crippen LogP contribution in [0.1, 0.15) is 66.3 Å². The summed E-state index contributed by atoms with van der Waals surface area (Å²) in [6.07, 6.45) is 6.83. The predicted molar refractivity (Wildman–Crippen MR) is 106 cm³/mol. The summed E-state index contributed by atoms with van der Waals surface area (Å²) in [5.41, 5.74) is 0.503. The molecule has 2 aliphatic heterocycles. The van der Waals surface area contributed by atoms with E-state index in [4.69, 9.17) is 0 Å². The molecule has 4 rings (SSSR count). The lowest BCUT2D eigenvalue weighted by atomic mass is 9.85. The number of likely N-dealkylation sites (tertiary alicyclic amines) is 1. The molecule has 2 atom stereocenters. The van der Waals surface area contributed by atoms with Crippen LogP contribution in [0.4, 0.5) is 4.79 Å². The molecule has 30 heavy (non-hydrogen) atoms. The molecule has 0 radical (unpaired) electrons. The molecule has 0 aromatic carbocycles. The minimum Gasteiger partial charge on any atom is -0.356 e. The molecular weight excluding hydrogens is 388 g/mol. The molecule has 1 saturated carbocycles. The van der Waals surface area contributed by atoms with E-state index in [2.05, 4.69) is 4.98 Å². The molecule has 9 nitrogen and oxygen atoms in total. The summed E-state index contributed by atoms with van der Waals surface area (Å²) >= 11 is 0. The first kappa shape index (κ1) is 20.3. The van der Waals surface area contributed by atoms with Gasteiger partial charge in [-0.15, -0.1) is 0 Å². The van der Waals surface area contributed by atoms with Gasteiger partial charge in [0.2, 0.25) is 0 Å². The second-order valence-corrected chi connectivity index (χ2v) is 8.40. The molecule has 3 fully saturated rings. The molecule has 0 spiro atoms. The van der Waals surface area contributed by atoms with E-state index in [0.717, 1.165) is 41.9 Å². The van der Waals surface area contributed by atoms with Crippen LogP contribution in [-0.4, -0.2) is 74.9 Å². The molecule has 3 aliphatic rings. The fourth-order valence-electron chi connectivity index (χ4n) is 4.64. The van der Waals surface area contributed by atoms with E-state index in [1.807, 2.05) is 6.92 Å². The number of urea groups is 1. The van der Waals surface area contributed by atoms with Crippen molar-refractivity contribution in [3.63, 3.8) is 0 Å². The predicted octanol–water partition coefficient (Wildman–Crippen LogP) is 1.80. The summed E-state index contributed by atoms with van der Waals surface area (Å²) in [4.78, 5) is 69.1. The highest BCUT2D eigenvalue weighted by molar-refractivity contribution is 6.45. The Kier molecular flexibility index (Phi) is 5.44. The molecule has 3 heterocycles. The van der Waals surface area contributed by atoms with Crippen LogP contribution in [0.3, 0.4) is 0 Å². The van der Waals surface area contributed by atoms with Crippen molar-refractivity contribution in [2.45, 2.75) is 51.5 Å². The first-order valence-electron chi connectivity index (χ1n) is 10.6. The summed E-state index contributed by atoms with van der Waals surface area (Å²) < 4.78 is 0. The number of hydrogen-bond donors (Lipinski definition) is 1. The number of rotatable bonds is 5. The Balaban J connectivity index is 1.45. The van der Waals surface area contributed by atoms with Crippen LogP contribution in [-0.2, 0) is 9.59 Å². The van der Waals surface area contributed by atoms with Crippen molar-refractivity contribution in [3.8, 4) is 0 Å². The Morgan fingerprint density at radius 1 is 1.03 bits per heavy atom. The van der Waals surface area contributed by atoms with Crippen molar-refractivity contribution < 1.29 is 24.0 Å². The maximum atomic E-state index is 12.8. The van der Waals surface area contributed by atoms with Crippen LogP contribution < -0.4 is 0 Å². The van der Waals surface area contributed by atoms with Gasteiger partial charge in [-0.05, 0) is 37.7 Å². The molecule has 160 valence electrons. The van der Waals surface area contributed by atoms with Gasteiger partial charge >= 0.3 is 17.8 Å². The molecule has 5 amide bonds. The summed E-state index contributed by atoms with van der Waals surface area (Å²) in [7, 11) is 0. The highest BCUT2D eigenvalue weighted by atomic mass is 16.2. The van der Waals surface area contributed by atoms with Gasteiger partial charge in [0.15, 0.2) is 5.78 Å². The quantitative estimate of drug-likeness (QED) is 0.449. The zero-order chi connectivity index (χ0) is 21.4. The zero-order valence-corrected chi connectivity index (χ0v) is 17.1. The highest BCUT2D eigenvalue weighted by Gasteiger charge is 2.49. The van der Waals surface area contributed by atoms with Crippen LogP contribution in [0, 0.1) is 5.92 Å². The topological polar surface area (TPSA) is 111 Å².